The largest absolute Gasteiger partial charge is 0.484 e. The van der Waals surface area contributed by atoms with Crippen LogP contribution in [0.4, 0.5) is 0 Å². The molecule has 2 rings (SSSR count). The van der Waals surface area contributed by atoms with E-state index in [1.165, 1.54) is 70.6 Å². The van der Waals surface area contributed by atoms with Crippen molar-refractivity contribution in [1.29, 1.82) is 0 Å². The lowest BCUT2D eigenvalue weighted by atomic mass is 10.0. The second kappa shape index (κ2) is 18.0. The zero-order chi connectivity index (χ0) is 26.0. The predicted octanol–water partition coefficient (Wildman–Crippen LogP) is 5.83. The van der Waals surface area contributed by atoms with Crippen LogP contribution in [0.15, 0.2) is 41.9 Å². The van der Waals surface area contributed by atoms with Crippen molar-refractivity contribution in [1.82, 2.24) is 0 Å². The lowest BCUT2D eigenvalue weighted by Crippen LogP contribution is -2.33. The molecule has 0 spiro atoms. The Hall–Kier alpha value is -2.38. The van der Waals surface area contributed by atoms with E-state index in [1.54, 1.807) is 30.3 Å². The lowest BCUT2D eigenvalue weighted by Gasteiger charge is -2.17. The van der Waals surface area contributed by atoms with Gasteiger partial charge in [0.05, 0.1) is 18.8 Å². The molecule has 0 saturated heterocycles. The Balaban J connectivity index is 1.68. The maximum Gasteiger partial charge on any atom is 0.378 e. The van der Waals surface area contributed by atoms with Crippen LogP contribution in [0.3, 0.4) is 0 Å². The normalized spacial score (nSPS) is 16.2. The first-order valence-electron chi connectivity index (χ1n) is 13.7. The summed E-state index contributed by atoms with van der Waals surface area (Å²) < 4.78 is 16.1. The van der Waals surface area contributed by atoms with Crippen LogP contribution in [0.5, 0.6) is 0 Å². The second-order valence-corrected chi connectivity index (χ2v) is 9.47. The van der Waals surface area contributed by atoms with Gasteiger partial charge in [-0.3, -0.25) is 0 Å². The maximum atomic E-state index is 12.5. The molecule has 0 bridgehead atoms. The van der Waals surface area contributed by atoms with Gasteiger partial charge in [0.25, 0.3) is 0 Å². The molecule has 7 heteroatoms. The fraction of sp³-hybridized carbons (Fsp3) is 0.655. The third-order valence-corrected chi connectivity index (χ3v) is 6.39. The number of aliphatic hydroxyl groups is 2. The van der Waals surface area contributed by atoms with E-state index in [1.807, 2.05) is 0 Å². The monoisotopic (exact) mass is 504 g/mol. The van der Waals surface area contributed by atoms with Crippen molar-refractivity contribution >= 4 is 11.9 Å². The minimum atomic E-state index is -1.42. The summed E-state index contributed by atoms with van der Waals surface area (Å²) in [5.74, 6) is -1.92. The molecule has 0 fully saturated rings. The van der Waals surface area contributed by atoms with Gasteiger partial charge >= 0.3 is 11.9 Å². The topological polar surface area (TPSA) is 102 Å². The first-order chi connectivity index (χ1) is 17.6. The second-order valence-electron chi connectivity index (χ2n) is 9.47. The molecule has 0 radical (unpaired) electrons. The van der Waals surface area contributed by atoms with Crippen LogP contribution in [0, 0.1) is 0 Å². The molecule has 1 aliphatic rings. The van der Waals surface area contributed by atoms with E-state index in [2.05, 4.69) is 6.92 Å². The van der Waals surface area contributed by atoms with Crippen molar-refractivity contribution in [3.63, 3.8) is 0 Å². The van der Waals surface area contributed by atoms with Gasteiger partial charge in [0.15, 0.2) is 6.10 Å². The van der Waals surface area contributed by atoms with Crippen LogP contribution in [0.1, 0.15) is 107 Å². The molecule has 1 aromatic carbocycles. The number of benzene rings is 1. The van der Waals surface area contributed by atoms with Crippen LogP contribution >= 0.6 is 0 Å². The van der Waals surface area contributed by atoms with Crippen molar-refractivity contribution in [2.75, 3.05) is 13.2 Å². The number of esters is 2. The Morgan fingerprint density at radius 1 is 0.889 bits per heavy atom. The minimum Gasteiger partial charge on any atom is -0.484 e. The lowest BCUT2D eigenvalue weighted by molar-refractivity contribution is -0.148. The van der Waals surface area contributed by atoms with E-state index in [0.717, 1.165) is 19.3 Å². The fourth-order valence-corrected chi connectivity index (χ4v) is 4.24. The summed E-state index contributed by atoms with van der Waals surface area (Å²) >= 11 is 0. The Morgan fingerprint density at radius 3 is 1.94 bits per heavy atom. The summed E-state index contributed by atoms with van der Waals surface area (Å²) in [6.07, 6.45) is 14.6. The SMILES string of the molecule is CCCCCCCCCCCCCCCCOC1=C(OC(=O)c2ccccc2)[C@@H]([C@@H](O)CO)OC1=O. The highest BCUT2D eigenvalue weighted by atomic mass is 16.6. The number of ether oxygens (including phenoxy) is 3. The smallest absolute Gasteiger partial charge is 0.378 e. The molecule has 2 N–H and O–H groups in total. The van der Waals surface area contributed by atoms with Gasteiger partial charge in [-0.25, -0.2) is 9.59 Å². The van der Waals surface area contributed by atoms with Crippen molar-refractivity contribution in [3.05, 3.63) is 47.4 Å². The van der Waals surface area contributed by atoms with Gasteiger partial charge in [-0.15, -0.1) is 0 Å². The molecular formula is C29H44O7. The number of hydrogen-bond donors (Lipinski definition) is 2. The molecule has 0 aromatic heterocycles. The number of hydrogen-bond acceptors (Lipinski definition) is 7. The van der Waals surface area contributed by atoms with E-state index in [-0.39, 0.29) is 23.7 Å². The average Bonchev–Trinajstić information content (AvgIpc) is 3.20. The van der Waals surface area contributed by atoms with Crippen LogP contribution in [-0.4, -0.2) is 47.6 Å². The molecule has 1 aromatic rings. The van der Waals surface area contributed by atoms with Crippen LogP contribution in [0.2, 0.25) is 0 Å². The quantitative estimate of drug-likeness (QED) is 0.170. The molecular weight excluding hydrogens is 460 g/mol. The Labute approximate surface area is 215 Å². The van der Waals surface area contributed by atoms with Crippen molar-refractivity contribution in [2.45, 2.75) is 109 Å². The van der Waals surface area contributed by atoms with Crippen LogP contribution in [0.25, 0.3) is 0 Å². The summed E-state index contributed by atoms with van der Waals surface area (Å²) in [5, 5.41) is 19.4. The molecule has 1 heterocycles. The molecule has 36 heavy (non-hydrogen) atoms. The number of carbonyl (C=O) groups is 2. The Bertz CT molecular complexity index is 790. The summed E-state index contributed by atoms with van der Waals surface area (Å²) in [5.41, 5.74) is 0.285. The highest BCUT2D eigenvalue weighted by molar-refractivity contribution is 5.93. The molecule has 7 nitrogen and oxygen atoms in total. The van der Waals surface area contributed by atoms with E-state index >= 15 is 0 Å². The molecule has 2 atom stereocenters. The third kappa shape index (κ3) is 10.7. The highest BCUT2D eigenvalue weighted by Crippen LogP contribution is 2.28. The predicted molar refractivity (Wildman–Crippen MR) is 138 cm³/mol. The highest BCUT2D eigenvalue weighted by Gasteiger charge is 2.43. The molecule has 0 aliphatic carbocycles. The van der Waals surface area contributed by atoms with Gasteiger partial charge < -0.3 is 24.4 Å². The van der Waals surface area contributed by atoms with E-state index in [0.29, 0.717) is 0 Å². The van der Waals surface area contributed by atoms with Gasteiger partial charge in [0.2, 0.25) is 11.5 Å². The van der Waals surface area contributed by atoms with E-state index in [9.17, 15) is 19.8 Å². The molecule has 0 amide bonds. The number of unbranched alkanes of at least 4 members (excludes halogenated alkanes) is 13. The molecule has 0 unspecified atom stereocenters. The molecule has 202 valence electrons. The third-order valence-electron chi connectivity index (χ3n) is 6.39. The van der Waals surface area contributed by atoms with E-state index in [4.69, 9.17) is 14.2 Å². The Morgan fingerprint density at radius 2 is 1.42 bits per heavy atom. The summed E-state index contributed by atoms with van der Waals surface area (Å²) in [4.78, 5) is 24.8. The first kappa shape index (κ1) is 29.8. The average molecular weight is 505 g/mol. The Kier molecular flexibility index (Phi) is 14.9. The van der Waals surface area contributed by atoms with Gasteiger partial charge in [-0.1, -0.05) is 109 Å². The van der Waals surface area contributed by atoms with Crippen LogP contribution in [-0.2, 0) is 19.0 Å². The van der Waals surface area contributed by atoms with Crippen molar-refractivity contribution in [2.24, 2.45) is 0 Å². The van der Waals surface area contributed by atoms with Crippen molar-refractivity contribution < 1.29 is 34.0 Å². The standard InChI is InChI=1S/C29H44O7/c1-2-3-4-5-6-7-8-9-10-11-12-13-14-18-21-34-27-26(25(24(31)22-30)35-29(27)33)36-28(32)23-19-16-15-17-20-23/h15-17,19-20,24-25,30-31H,2-14,18,21-22H2,1H3/t24-,25+/m0/s1. The van der Waals surface area contributed by atoms with Gasteiger partial charge in [0, 0.05) is 0 Å². The molecule has 0 saturated carbocycles. The van der Waals surface area contributed by atoms with Gasteiger partial charge in [-0.05, 0) is 18.6 Å². The number of aliphatic hydroxyl groups excluding tert-OH is 2. The summed E-state index contributed by atoms with van der Waals surface area (Å²) in [6.45, 7) is 1.87. The van der Waals surface area contributed by atoms with E-state index < -0.39 is 30.8 Å². The summed E-state index contributed by atoms with van der Waals surface area (Å²) in [6, 6.07) is 8.30. The molecule has 1 aliphatic heterocycles. The zero-order valence-electron chi connectivity index (χ0n) is 21.8. The van der Waals surface area contributed by atoms with Crippen LogP contribution < -0.4 is 0 Å². The minimum absolute atomic E-state index is 0.194. The van der Waals surface area contributed by atoms with Crippen molar-refractivity contribution in [3.8, 4) is 0 Å². The van der Waals surface area contributed by atoms with Gasteiger partial charge in [-0.2, -0.15) is 0 Å². The number of carbonyl (C=O) groups excluding carboxylic acids is 2. The number of rotatable bonds is 20. The fourth-order valence-electron chi connectivity index (χ4n) is 4.24. The van der Waals surface area contributed by atoms with Gasteiger partial charge in [0.1, 0.15) is 6.10 Å². The first-order valence-corrected chi connectivity index (χ1v) is 13.7. The maximum absolute atomic E-state index is 12.5. The summed E-state index contributed by atoms with van der Waals surface area (Å²) in [7, 11) is 0. The number of cyclic esters (lactones) is 1. The zero-order valence-corrected chi connectivity index (χ0v) is 21.8.